The molecule has 0 radical (unpaired) electrons. The maximum absolute atomic E-state index is 10.1. The zero-order chi connectivity index (χ0) is 12.8. The molecule has 2 nitrogen and oxygen atoms in total. The third-order valence-corrected chi connectivity index (χ3v) is 4.09. The monoisotopic (exact) mass is 247 g/mol. The Kier molecular flexibility index (Phi) is 5.21. The van der Waals surface area contributed by atoms with E-state index < -0.39 is 0 Å². The second-order valence-corrected chi connectivity index (χ2v) is 5.41. The van der Waals surface area contributed by atoms with Gasteiger partial charge in [0.15, 0.2) is 0 Å². The van der Waals surface area contributed by atoms with Gasteiger partial charge in [0.25, 0.3) is 0 Å². The van der Waals surface area contributed by atoms with Gasteiger partial charge in [-0.1, -0.05) is 43.7 Å². The summed E-state index contributed by atoms with van der Waals surface area (Å²) >= 11 is 0. The minimum absolute atomic E-state index is 0.318. The SMILES string of the molecule is CCN(CCC(O)c1ccccc1)CC1CCC1. The molecule has 0 amide bonds. The summed E-state index contributed by atoms with van der Waals surface area (Å²) in [5.74, 6) is 0.916. The summed E-state index contributed by atoms with van der Waals surface area (Å²) in [7, 11) is 0. The lowest BCUT2D eigenvalue weighted by atomic mass is 9.85. The largest absolute Gasteiger partial charge is 0.388 e. The van der Waals surface area contributed by atoms with Crippen LogP contribution >= 0.6 is 0 Å². The highest BCUT2D eigenvalue weighted by Crippen LogP contribution is 2.27. The van der Waals surface area contributed by atoms with Crippen molar-refractivity contribution in [3.05, 3.63) is 35.9 Å². The molecule has 0 spiro atoms. The van der Waals surface area contributed by atoms with E-state index in [0.717, 1.165) is 31.0 Å². The minimum Gasteiger partial charge on any atom is -0.388 e. The van der Waals surface area contributed by atoms with Crippen LogP contribution in [0.5, 0.6) is 0 Å². The predicted molar refractivity (Wildman–Crippen MR) is 75.5 cm³/mol. The molecule has 0 aliphatic heterocycles. The summed E-state index contributed by atoms with van der Waals surface area (Å²) in [6, 6.07) is 9.99. The highest BCUT2D eigenvalue weighted by atomic mass is 16.3. The van der Waals surface area contributed by atoms with E-state index in [2.05, 4.69) is 11.8 Å². The molecule has 1 aromatic rings. The molecule has 0 heterocycles. The fourth-order valence-electron chi connectivity index (χ4n) is 2.57. The maximum atomic E-state index is 10.1. The average Bonchev–Trinajstić information content (AvgIpc) is 2.37. The summed E-state index contributed by atoms with van der Waals surface area (Å²) < 4.78 is 0. The van der Waals surface area contributed by atoms with E-state index in [1.54, 1.807) is 0 Å². The van der Waals surface area contributed by atoms with Crippen molar-refractivity contribution in [2.24, 2.45) is 5.92 Å². The number of hydrogen-bond donors (Lipinski definition) is 1. The number of hydrogen-bond acceptors (Lipinski definition) is 2. The van der Waals surface area contributed by atoms with Crippen molar-refractivity contribution in [2.75, 3.05) is 19.6 Å². The van der Waals surface area contributed by atoms with E-state index in [1.807, 2.05) is 30.3 Å². The Morgan fingerprint density at radius 2 is 2.00 bits per heavy atom. The van der Waals surface area contributed by atoms with Crippen LogP contribution in [0.3, 0.4) is 0 Å². The average molecular weight is 247 g/mol. The maximum Gasteiger partial charge on any atom is 0.0802 e. The van der Waals surface area contributed by atoms with Crippen molar-refractivity contribution in [1.82, 2.24) is 4.90 Å². The molecule has 0 bridgehead atoms. The van der Waals surface area contributed by atoms with Crippen molar-refractivity contribution in [3.8, 4) is 0 Å². The summed E-state index contributed by atoms with van der Waals surface area (Å²) in [5, 5.41) is 10.1. The van der Waals surface area contributed by atoms with Crippen LogP contribution in [-0.4, -0.2) is 29.6 Å². The second kappa shape index (κ2) is 6.91. The highest BCUT2D eigenvalue weighted by Gasteiger charge is 2.20. The molecule has 1 aromatic carbocycles. The van der Waals surface area contributed by atoms with Crippen LogP contribution in [0.2, 0.25) is 0 Å². The molecular formula is C16H25NO. The lowest BCUT2D eigenvalue weighted by Crippen LogP contribution is -2.33. The van der Waals surface area contributed by atoms with E-state index >= 15 is 0 Å². The molecule has 2 rings (SSSR count). The van der Waals surface area contributed by atoms with Crippen LogP contribution in [0.25, 0.3) is 0 Å². The van der Waals surface area contributed by atoms with Gasteiger partial charge in [-0.3, -0.25) is 0 Å². The zero-order valence-corrected chi connectivity index (χ0v) is 11.4. The smallest absolute Gasteiger partial charge is 0.0802 e. The first kappa shape index (κ1) is 13.6. The molecule has 0 aromatic heterocycles. The van der Waals surface area contributed by atoms with Crippen LogP contribution < -0.4 is 0 Å². The van der Waals surface area contributed by atoms with Crippen LogP contribution in [0.1, 0.15) is 44.3 Å². The number of aliphatic hydroxyl groups is 1. The van der Waals surface area contributed by atoms with Gasteiger partial charge in [-0.2, -0.15) is 0 Å². The molecule has 1 unspecified atom stereocenters. The lowest BCUT2D eigenvalue weighted by Gasteiger charge is -2.32. The van der Waals surface area contributed by atoms with Gasteiger partial charge in [-0.05, 0) is 37.3 Å². The van der Waals surface area contributed by atoms with E-state index in [1.165, 1.54) is 25.8 Å². The zero-order valence-electron chi connectivity index (χ0n) is 11.4. The number of aliphatic hydroxyl groups excluding tert-OH is 1. The first-order valence-electron chi connectivity index (χ1n) is 7.25. The van der Waals surface area contributed by atoms with Gasteiger partial charge < -0.3 is 10.0 Å². The summed E-state index contributed by atoms with van der Waals surface area (Å²) in [5.41, 5.74) is 1.04. The number of benzene rings is 1. The molecule has 1 atom stereocenters. The lowest BCUT2D eigenvalue weighted by molar-refractivity contribution is 0.126. The van der Waals surface area contributed by atoms with Crippen molar-refractivity contribution < 1.29 is 5.11 Å². The molecule has 1 fully saturated rings. The quantitative estimate of drug-likeness (QED) is 0.799. The molecule has 0 saturated heterocycles. The highest BCUT2D eigenvalue weighted by molar-refractivity contribution is 5.17. The fraction of sp³-hybridized carbons (Fsp3) is 0.625. The molecule has 1 aliphatic rings. The van der Waals surface area contributed by atoms with Gasteiger partial charge in [0.2, 0.25) is 0 Å². The van der Waals surface area contributed by atoms with Gasteiger partial charge in [-0.15, -0.1) is 0 Å². The Hall–Kier alpha value is -0.860. The Morgan fingerprint density at radius 1 is 1.28 bits per heavy atom. The molecule has 1 saturated carbocycles. The van der Waals surface area contributed by atoms with Crippen LogP contribution in [0.4, 0.5) is 0 Å². The Bertz CT molecular complexity index is 334. The number of rotatable bonds is 7. The van der Waals surface area contributed by atoms with Crippen molar-refractivity contribution >= 4 is 0 Å². The Balaban J connectivity index is 1.74. The third kappa shape index (κ3) is 3.82. The van der Waals surface area contributed by atoms with Gasteiger partial charge in [0.1, 0.15) is 0 Å². The Morgan fingerprint density at radius 3 is 2.56 bits per heavy atom. The first-order valence-corrected chi connectivity index (χ1v) is 7.25. The summed E-state index contributed by atoms with van der Waals surface area (Å²) in [6.07, 6.45) is 4.73. The van der Waals surface area contributed by atoms with Gasteiger partial charge in [0.05, 0.1) is 6.10 Å². The first-order chi connectivity index (χ1) is 8.79. The standard InChI is InChI=1S/C16H25NO/c1-2-17(13-14-7-6-8-14)12-11-16(18)15-9-4-3-5-10-15/h3-5,9-10,14,16,18H,2,6-8,11-13H2,1H3. The van der Waals surface area contributed by atoms with Crippen LogP contribution in [0.15, 0.2) is 30.3 Å². The molecule has 1 aliphatic carbocycles. The molecule has 1 N–H and O–H groups in total. The van der Waals surface area contributed by atoms with Gasteiger partial charge >= 0.3 is 0 Å². The topological polar surface area (TPSA) is 23.5 Å². The van der Waals surface area contributed by atoms with Crippen LogP contribution in [-0.2, 0) is 0 Å². The van der Waals surface area contributed by atoms with Crippen molar-refractivity contribution in [1.29, 1.82) is 0 Å². The summed E-state index contributed by atoms with van der Waals surface area (Å²) in [4.78, 5) is 2.48. The van der Waals surface area contributed by atoms with E-state index in [0.29, 0.717) is 0 Å². The normalized spacial score (nSPS) is 17.7. The predicted octanol–water partition coefficient (Wildman–Crippen LogP) is 3.23. The van der Waals surface area contributed by atoms with Crippen molar-refractivity contribution in [3.63, 3.8) is 0 Å². The molecular weight excluding hydrogens is 222 g/mol. The van der Waals surface area contributed by atoms with Crippen molar-refractivity contribution in [2.45, 2.75) is 38.7 Å². The van der Waals surface area contributed by atoms with Gasteiger partial charge in [0, 0.05) is 13.1 Å². The summed E-state index contributed by atoms with van der Waals surface area (Å²) in [6.45, 7) is 5.53. The van der Waals surface area contributed by atoms with Crippen LogP contribution in [0, 0.1) is 5.92 Å². The second-order valence-electron chi connectivity index (χ2n) is 5.41. The Labute approximate surface area is 111 Å². The third-order valence-electron chi connectivity index (χ3n) is 4.09. The van der Waals surface area contributed by atoms with Gasteiger partial charge in [-0.25, -0.2) is 0 Å². The fourth-order valence-corrected chi connectivity index (χ4v) is 2.57. The molecule has 18 heavy (non-hydrogen) atoms. The number of nitrogens with zero attached hydrogens (tertiary/aromatic N) is 1. The van der Waals surface area contributed by atoms with E-state index in [-0.39, 0.29) is 6.10 Å². The molecule has 100 valence electrons. The van der Waals surface area contributed by atoms with E-state index in [9.17, 15) is 5.11 Å². The molecule has 2 heteroatoms. The minimum atomic E-state index is -0.318. The van der Waals surface area contributed by atoms with E-state index in [4.69, 9.17) is 0 Å².